The molecule has 0 fully saturated rings. The summed E-state index contributed by atoms with van der Waals surface area (Å²) in [5, 5.41) is 2.16. The lowest BCUT2D eigenvalue weighted by Gasteiger charge is -2.15. The molecular weight excluding hydrogens is 355 g/mol. The van der Waals surface area contributed by atoms with E-state index in [1.54, 1.807) is 6.92 Å². The number of alkyl halides is 3. The number of anilines is 1. The van der Waals surface area contributed by atoms with Crippen molar-refractivity contribution in [2.75, 3.05) is 11.1 Å². The van der Waals surface area contributed by atoms with Gasteiger partial charge in [-0.25, -0.2) is 8.42 Å². The maximum Gasteiger partial charge on any atom is 0.418 e. The number of para-hydroxylation sites is 1. The number of rotatable bonds is 5. The summed E-state index contributed by atoms with van der Waals surface area (Å²) in [6.07, 6.45) is -4.28. The van der Waals surface area contributed by atoms with Gasteiger partial charge in [0.1, 0.15) is 0 Å². The van der Waals surface area contributed by atoms with E-state index in [4.69, 9.17) is 0 Å². The first-order valence-electron chi connectivity index (χ1n) is 7.46. The molecule has 0 heterocycles. The van der Waals surface area contributed by atoms with Crippen LogP contribution in [0.25, 0.3) is 0 Å². The summed E-state index contributed by atoms with van der Waals surface area (Å²) in [7, 11) is -3.70. The maximum absolute atomic E-state index is 13.0. The molecule has 134 valence electrons. The number of nitrogens with one attached hydrogen (secondary N) is 1. The van der Waals surface area contributed by atoms with Gasteiger partial charge in [-0.1, -0.05) is 31.2 Å². The number of amides is 1. The Labute approximate surface area is 143 Å². The van der Waals surface area contributed by atoms with Crippen LogP contribution in [0.5, 0.6) is 0 Å². The Morgan fingerprint density at radius 3 is 2.28 bits per heavy atom. The van der Waals surface area contributed by atoms with E-state index in [0.29, 0.717) is 6.42 Å². The first kappa shape index (κ1) is 19.0. The quantitative estimate of drug-likeness (QED) is 0.859. The summed E-state index contributed by atoms with van der Waals surface area (Å²) in [5.74, 6) is -1.07. The lowest BCUT2D eigenvalue weighted by atomic mass is 10.1. The predicted molar refractivity (Wildman–Crippen MR) is 88.2 cm³/mol. The monoisotopic (exact) mass is 371 g/mol. The molecule has 0 aliphatic heterocycles. The third-order valence-electron chi connectivity index (χ3n) is 3.42. The molecule has 0 spiro atoms. The van der Waals surface area contributed by atoms with Crippen LogP contribution in [-0.4, -0.2) is 20.1 Å². The molecule has 1 amide bonds. The Morgan fingerprint density at radius 2 is 1.64 bits per heavy atom. The molecule has 1 N–H and O–H groups in total. The Morgan fingerprint density at radius 1 is 1.04 bits per heavy atom. The second-order valence-electron chi connectivity index (χ2n) is 5.31. The number of hydrogen-bond donors (Lipinski definition) is 1. The van der Waals surface area contributed by atoms with Crippen LogP contribution in [-0.2, 0) is 16.0 Å². The average molecular weight is 371 g/mol. The normalized spacial score (nSPS) is 12.0. The fraction of sp³-hybridized carbons (Fsp3) is 0.235. The van der Waals surface area contributed by atoms with E-state index in [1.807, 2.05) is 0 Å². The standard InChI is InChI=1S/C17H16F3NO3S/c1-2-11-25(23,24)15-10-6-3-7-12(15)16(22)21-14-9-5-4-8-13(14)17(18,19)20/h3-10H,2,11H2,1H3,(H,21,22). The van der Waals surface area contributed by atoms with Gasteiger partial charge in [0, 0.05) is 0 Å². The van der Waals surface area contributed by atoms with Gasteiger partial charge in [0.25, 0.3) is 5.91 Å². The van der Waals surface area contributed by atoms with Gasteiger partial charge in [0.15, 0.2) is 9.84 Å². The molecule has 0 radical (unpaired) electrons. The Hall–Kier alpha value is -2.35. The molecule has 2 aromatic carbocycles. The second kappa shape index (κ2) is 7.26. The number of benzene rings is 2. The van der Waals surface area contributed by atoms with E-state index in [1.165, 1.54) is 36.4 Å². The molecule has 2 rings (SSSR count). The van der Waals surface area contributed by atoms with Crippen LogP contribution in [0, 0.1) is 0 Å². The van der Waals surface area contributed by atoms with Crippen molar-refractivity contribution < 1.29 is 26.4 Å². The van der Waals surface area contributed by atoms with Crippen LogP contribution in [0.1, 0.15) is 29.3 Å². The van der Waals surface area contributed by atoms with Crippen molar-refractivity contribution in [1.29, 1.82) is 0 Å². The van der Waals surface area contributed by atoms with Crippen molar-refractivity contribution in [2.24, 2.45) is 0 Å². The molecular formula is C17H16F3NO3S. The molecule has 0 unspecified atom stereocenters. The van der Waals surface area contributed by atoms with Gasteiger partial charge < -0.3 is 5.32 Å². The Balaban J connectivity index is 2.42. The number of halogens is 3. The van der Waals surface area contributed by atoms with Gasteiger partial charge in [-0.05, 0) is 30.7 Å². The van der Waals surface area contributed by atoms with Gasteiger partial charge in [0.2, 0.25) is 0 Å². The summed E-state index contributed by atoms with van der Waals surface area (Å²) in [6, 6.07) is 9.98. The first-order chi connectivity index (χ1) is 11.7. The third-order valence-corrected chi connectivity index (χ3v) is 5.39. The number of sulfone groups is 1. The van der Waals surface area contributed by atoms with Crippen LogP contribution in [0.2, 0.25) is 0 Å². The highest BCUT2D eigenvalue weighted by atomic mass is 32.2. The van der Waals surface area contributed by atoms with E-state index < -0.39 is 33.2 Å². The molecule has 2 aromatic rings. The minimum Gasteiger partial charge on any atom is -0.321 e. The zero-order valence-corrected chi connectivity index (χ0v) is 14.1. The third kappa shape index (κ3) is 4.39. The van der Waals surface area contributed by atoms with Gasteiger partial charge in [-0.2, -0.15) is 13.2 Å². The molecule has 0 aliphatic rings. The summed E-state index contributed by atoms with van der Waals surface area (Å²) in [5.41, 5.74) is -1.62. The van der Waals surface area contributed by atoms with E-state index in [-0.39, 0.29) is 16.2 Å². The van der Waals surface area contributed by atoms with E-state index in [9.17, 15) is 26.4 Å². The van der Waals surface area contributed by atoms with E-state index in [0.717, 1.165) is 12.1 Å². The molecule has 8 heteroatoms. The van der Waals surface area contributed by atoms with Crippen molar-refractivity contribution in [3.8, 4) is 0 Å². The van der Waals surface area contributed by atoms with Gasteiger partial charge in [0.05, 0.1) is 27.5 Å². The molecule has 0 atom stereocenters. The lowest BCUT2D eigenvalue weighted by Crippen LogP contribution is -2.20. The van der Waals surface area contributed by atoms with Crippen LogP contribution < -0.4 is 5.32 Å². The van der Waals surface area contributed by atoms with Gasteiger partial charge in [-0.15, -0.1) is 0 Å². The smallest absolute Gasteiger partial charge is 0.321 e. The van der Waals surface area contributed by atoms with E-state index >= 15 is 0 Å². The van der Waals surface area contributed by atoms with Gasteiger partial charge in [-0.3, -0.25) is 4.79 Å². The molecule has 0 saturated carbocycles. The molecule has 0 aromatic heterocycles. The zero-order valence-electron chi connectivity index (χ0n) is 13.3. The average Bonchev–Trinajstić information content (AvgIpc) is 2.54. The molecule has 0 saturated heterocycles. The SMILES string of the molecule is CCCS(=O)(=O)c1ccccc1C(=O)Nc1ccccc1C(F)(F)F. The van der Waals surface area contributed by atoms with Crippen molar-refractivity contribution >= 4 is 21.4 Å². The second-order valence-corrected chi connectivity index (χ2v) is 7.39. The first-order valence-corrected chi connectivity index (χ1v) is 9.11. The minimum absolute atomic E-state index is 0.156. The highest BCUT2D eigenvalue weighted by Crippen LogP contribution is 2.34. The van der Waals surface area contributed by atoms with E-state index in [2.05, 4.69) is 5.32 Å². The maximum atomic E-state index is 13.0. The summed E-state index contributed by atoms with van der Waals surface area (Å²) >= 11 is 0. The van der Waals surface area contributed by atoms with Crippen molar-refractivity contribution in [1.82, 2.24) is 0 Å². The van der Waals surface area contributed by atoms with Crippen LogP contribution in [0.4, 0.5) is 18.9 Å². The summed E-state index contributed by atoms with van der Waals surface area (Å²) in [4.78, 5) is 12.2. The number of carbonyl (C=O) groups excluding carboxylic acids is 1. The zero-order chi connectivity index (χ0) is 18.7. The fourth-order valence-corrected chi connectivity index (χ4v) is 3.87. The Bertz CT molecular complexity index is 877. The topological polar surface area (TPSA) is 63.2 Å². The number of hydrogen-bond acceptors (Lipinski definition) is 3. The molecule has 25 heavy (non-hydrogen) atoms. The number of carbonyl (C=O) groups is 1. The highest BCUT2D eigenvalue weighted by Gasteiger charge is 2.34. The molecule has 0 bridgehead atoms. The Kier molecular flexibility index (Phi) is 5.52. The predicted octanol–water partition coefficient (Wildman–Crippen LogP) is 4.14. The van der Waals surface area contributed by atoms with Gasteiger partial charge >= 0.3 is 6.18 Å². The molecule has 4 nitrogen and oxygen atoms in total. The summed E-state index contributed by atoms with van der Waals surface area (Å²) < 4.78 is 63.6. The fourth-order valence-electron chi connectivity index (χ4n) is 2.33. The summed E-state index contributed by atoms with van der Waals surface area (Å²) in [6.45, 7) is 1.68. The van der Waals surface area contributed by atoms with Crippen LogP contribution >= 0.6 is 0 Å². The molecule has 0 aliphatic carbocycles. The lowest BCUT2D eigenvalue weighted by molar-refractivity contribution is -0.136. The minimum atomic E-state index is -4.64. The largest absolute Gasteiger partial charge is 0.418 e. The van der Waals surface area contributed by atoms with Crippen LogP contribution in [0.15, 0.2) is 53.4 Å². The van der Waals surface area contributed by atoms with Crippen LogP contribution in [0.3, 0.4) is 0 Å². The van der Waals surface area contributed by atoms with Crippen molar-refractivity contribution in [3.05, 3.63) is 59.7 Å². The van der Waals surface area contributed by atoms with Crippen molar-refractivity contribution in [2.45, 2.75) is 24.4 Å². The van der Waals surface area contributed by atoms with Crippen molar-refractivity contribution in [3.63, 3.8) is 0 Å². The highest BCUT2D eigenvalue weighted by molar-refractivity contribution is 7.91.